The van der Waals surface area contributed by atoms with Crippen LogP contribution in [0.3, 0.4) is 0 Å². The number of methoxy groups -OCH3 is 1. The van der Waals surface area contributed by atoms with Crippen molar-refractivity contribution in [3.05, 3.63) is 27.3 Å². The fourth-order valence-corrected chi connectivity index (χ4v) is 3.41. The molecular weight excluding hydrogens is 296 g/mol. The van der Waals surface area contributed by atoms with Gasteiger partial charge in [0.25, 0.3) is 0 Å². The number of halogens is 1. The lowest BCUT2D eigenvalue weighted by molar-refractivity contribution is -0.385. The number of benzene rings is 1. The monoisotopic (exact) mass is 312 g/mol. The van der Waals surface area contributed by atoms with Crippen molar-refractivity contribution < 1.29 is 14.4 Å². The summed E-state index contributed by atoms with van der Waals surface area (Å²) in [4.78, 5) is 12.7. The highest BCUT2D eigenvalue weighted by molar-refractivity contribution is 6.33. The zero-order chi connectivity index (χ0) is 15.0. The summed E-state index contributed by atoms with van der Waals surface area (Å²) >= 11 is 6.21. The molecule has 3 rings (SSSR count). The molecule has 0 aliphatic carbocycles. The molecule has 2 fully saturated rings. The normalized spacial score (nSPS) is 20.2. The molecule has 0 unspecified atom stereocenters. The molecule has 1 aromatic carbocycles. The topological polar surface area (TPSA) is 64.8 Å². The summed E-state index contributed by atoms with van der Waals surface area (Å²) < 4.78 is 10.5. The molecule has 6 nitrogen and oxygen atoms in total. The summed E-state index contributed by atoms with van der Waals surface area (Å²) in [5.74, 6) is 0.243. The lowest BCUT2D eigenvalue weighted by Gasteiger charge is -2.53. The quantitative estimate of drug-likeness (QED) is 0.634. The third-order valence-electron chi connectivity index (χ3n) is 4.39. The van der Waals surface area contributed by atoms with Gasteiger partial charge in [0, 0.05) is 43.9 Å². The predicted octanol–water partition coefficient (Wildman–Crippen LogP) is 2.87. The van der Waals surface area contributed by atoms with Gasteiger partial charge in [0.05, 0.1) is 22.7 Å². The van der Waals surface area contributed by atoms with Gasteiger partial charge in [-0.1, -0.05) is 11.6 Å². The maximum Gasteiger partial charge on any atom is 0.312 e. The Morgan fingerprint density at radius 2 is 2.05 bits per heavy atom. The van der Waals surface area contributed by atoms with Gasteiger partial charge in [0.15, 0.2) is 5.75 Å². The molecule has 0 aromatic heterocycles. The molecule has 2 aliphatic rings. The van der Waals surface area contributed by atoms with Crippen LogP contribution in [-0.4, -0.2) is 38.3 Å². The van der Waals surface area contributed by atoms with Crippen LogP contribution >= 0.6 is 11.6 Å². The largest absolute Gasteiger partial charge is 0.490 e. The van der Waals surface area contributed by atoms with Crippen LogP contribution in [0, 0.1) is 15.5 Å². The van der Waals surface area contributed by atoms with Crippen molar-refractivity contribution in [2.75, 3.05) is 38.3 Å². The molecule has 1 aromatic rings. The van der Waals surface area contributed by atoms with E-state index < -0.39 is 4.92 Å². The number of anilines is 1. The molecule has 1 spiro atoms. The number of hydrogen-bond donors (Lipinski definition) is 0. The SMILES string of the molecule is COc1cc(N2CC3(CCOCC3)C2)c(Cl)cc1[N+](=O)[O-]. The highest BCUT2D eigenvalue weighted by Gasteiger charge is 2.44. The Balaban J connectivity index is 1.82. The van der Waals surface area contributed by atoms with Crippen molar-refractivity contribution in [1.82, 2.24) is 0 Å². The van der Waals surface area contributed by atoms with E-state index >= 15 is 0 Å². The minimum absolute atomic E-state index is 0.104. The fraction of sp³-hybridized carbons (Fsp3) is 0.571. The van der Waals surface area contributed by atoms with Crippen LogP contribution in [-0.2, 0) is 4.74 Å². The second-order valence-electron chi connectivity index (χ2n) is 5.70. The number of ether oxygens (including phenoxy) is 2. The Morgan fingerprint density at radius 3 is 2.62 bits per heavy atom. The van der Waals surface area contributed by atoms with Gasteiger partial charge in [-0.15, -0.1) is 0 Å². The molecule has 0 amide bonds. The zero-order valence-electron chi connectivity index (χ0n) is 11.8. The molecule has 7 heteroatoms. The van der Waals surface area contributed by atoms with E-state index in [1.54, 1.807) is 6.07 Å². The van der Waals surface area contributed by atoms with E-state index in [1.165, 1.54) is 13.2 Å². The van der Waals surface area contributed by atoms with Crippen molar-refractivity contribution in [1.29, 1.82) is 0 Å². The van der Waals surface area contributed by atoms with Gasteiger partial charge in [-0.25, -0.2) is 0 Å². The highest BCUT2D eigenvalue weighted by Crippen LogP contribution is 2.46. The first-order valence-electron chi connectivity index (χ1n) is 6.89. The Morgan fingerprint density at radius 1 is 1.38 bits per heavy atom. The molecule has 114 valence electrons. The minimum Gasteiger partial charge on any atom is -0.490 e. The second kappa shape index (κ2) is 5.35. The fourth-order valence-electron chi connectivity index (χ4n) is 3.14. The third-order valence-corrected chi connectivity index (χ3v) is 4.69. The average molecular weight is 313 g/mol. The van der Waals surface area contributed by atoms with Crippen LogP contribution in [0.1, 0.15) is 12.8 Å². The number of nitrogens with zero attached hydrogens (tertiary/aromatic N) is 2. The standard InChI is InChI=1S/C14H17ClN2O4/c1-20-13-7-11(10(15)6-12(13)17(18)19)16-8-14(9-16)2-4-21-5-3-14/h6-7H,2-5,8-9H2,1H3. The van der Waals surface area contributed by atoms with E-state index in [0.717, 1.165) is 44.8 Å². The van der Waals surface area contributed by atoms with Crippen LogP contribution in [0.4, 0.5) is 11.4 Å². The van der Waals surface area contributed by atoms with Crippen LogP contribution < -0.4 is 9.64 Å². The predicted molar refractivity (Wildman–Crippen MR) is 79.4 cm³/mol. The summed E-state index contributed by atoms with van der Waals surface area (Å²) in [5.41, 5.74) is 1.01. The molecule has 0 bridgehead atoms. The molecule has 0 atom stereocenters. The summed E-state index contributed by atoms with van der Waals surface area (Å²) in [6.45, 7) is 3.45. The van der Waals surface area contributed by atoms with Gasteiger partial charge in [0.1, 0.15) is 0 Å². The second-order valence-corrected chi connectivity index (χ2v) is 6.11. The minimum atomic E-state index is -0.482. The molecule has 0 saturated carbocycles. The van der Waals surface area contributed by atoms with Gasteiger partial charge in [-0.2, -0.15) is 0 Å². The first-order valence-corrected chi connectivity index (χ1v) is 7.27. The highest BCUT2D eigenvalue weighted by atomic mass is 35.5. The lowest BCUT2D eigenvalue weighted by Crippen LogP contribution is -2.58. The van der Waals surface area contributed by atoms with Crippen molar-refractivity contribution >= 4 is 23.0 Å². The van der Waals surface area contributed by atoms with Gasteiger partial charge in [-0.05, 0) is 12.8 Å². The van der Waals surface area contributed by atoms with Crippen LogP contribution in [0.15, 0.2) is 12.1 Å². The van der Waals surface area contributed by atoms with Gasteiger partial charge in [-0.3, -0.25) is 10.1 Å². The first-order chi connectivity index (χ1) is 10.0. The van der Waals surface area contributed by atoms with Gasteiger partial charge < -0.3 is 14.4 Å². The van der Waals surface area contributed by atoms with E-state index in [0.29, 0.717) is 10.4 Å². The summed E-state index contributed by atoms with van der Waals surface area (Å²) in [6, 6.07) is 3.03. The average Bonchev–Trinajstić information content (AvgIpc) is 2.45. The van der Waals surface area contributed by atoms with Crippen LogP contribution in [0.2, 0.25) is 5.02 Å². The number of hydrogen-bond acceptors (Lipinski definition) is 5. The van der Waals surface area contributed by atoms with E-state index in [-0.39, 0.29) is 11.4 Å². The Hall–Kier alpha value is -1.53. The van der Waals surface area contributed by atoms with Crippen molar-refractivity contribution in [2.45, 2.75) is 12.8 Å². The molecule has 0 radical (unpaired) electrons. The summed E-state index contributed by atoms with van der Waals surface area (Å²) in [5, 5.41) is 11.4. The molecule has 2 heterocycles. The summed E-state index contributed by atoms with van der Waals surface area (Å²) in [6.07, 6.45) is 2.12. The third kappa shape index (κ3) is 2.53. The maximum atomic E-state index is 11.0. The first kappa shape index (κ1) is 14.4. The van der Waals surface area contributed by atoms with Crippen molar-refractivity contribution in [3.8, 4) is 5.75 Å². The molecule has 21 heavy (non-hydrogen) atoms. The number of nitro groups is 1. The molecule has 2 aliphatic heterocycles. The van der Waals surface area contributed by atoms with Crippen molar-refractivity contribution in [3.63, 3.8) is 0 Å². The lowest BCUT2D eigenvalue weighted by atomic mass is 9.73. The van der Waals surface area contributed by atoms with Gasteiger partial charge >= 0.3 is 5.69 Å². The van der Waals surface area contributed by atoms with E-state index in [1.807, 2.05) is 0 Å². The van der Waals surface area contributed by atoms with E-state index in [4.69, 9.17) is 21.1 Å². The van der Waals surface area contributed by atoms with E-state index in [9.17, 15) is 10.1 Å². The molecular formula is C14H17ClN2O4. The van der Waals surface area contributed by atoms with Crippen LogP contribution in [0.25, 0.3) is 0 Å². The van der Waals surface area contributed by atoms with Crippen molar-refractivity contribution in [2.24, 2.45) is 5.41 Å². The van der Waals surface area contributed by atoms with E-state index in [2.05, 4.69) is 4.90 Å². The zero-order valence-corrected chi connectivity index (χ0v) is 12.6. The smallest absolute Gasteiger partial charge is 0.312 e. The molecule has 2 saturated heterocycles. The Kier molecular flexibility index (Phi) is 3.67. The maximum absolute atomic E-state index is 11.0. The van der Waals surface area contributed by atoms with Gasteiger partial charge in [0.2, 0.25) is 0 Å². The Labute approximate surface area is 127 Å². The molecule has 0 N–H and O–H groups in total. The van der Waals surface area contributed by atoms with Crippen LogP contribution in [0.5, 0.6) is 5.75 Å². The Bertz CT molecular complexity index is 564. The number of rotatable bonds is 3. The summed E-state index contributed by atoms with van der Waals surface area (Å²) in [7, 11) is 1.43. The number of nitro benzene ring substituents is 1.